The lowest BCUT2D eigenvalue weighted by atomic mass is 10.3. The summed E-state index contributed by atoms with van der Waals surface area (Å²) in [5.74, 6) is 0.607. The van der Waals surface area contributed by atoms with Gasteiger partial charge in [0.2, 0.25) is 0 Å². The van der Waals surface area contributed by atoms with Gasteiger partial charge in [-0.15, -0.1) is 0 Å². The molecule has 0 spiro atoms. The van der Waals surface area contributed by atoms with Crippen molar-refractivity contribution in [3.8, 4) is 0 Å². The number of nitrogens with zero attached hydrogens (tertiary/aromatic N) is 2. The monoisotopic (exact) mass is 262 g/mol. The van der Waals surface area contributed by atoms with Crippen LogP contribution in [0.3, 0.4) is 0 Å². The molecule has 0 aromatic rings. The van der Waals surface area contributed by atoms with Crippen LogP contribution in [0.5, 0.6) is 0 Å². The molecule has 0 atom stereocenters. The van der Waals surface area contributed by atoms with E-state index in [0.717, 1.165) is 19.3 Å². The zero-order valence-corrected chi connectivity index (χ0v) is 12.2. The van der Waals surface area contributed by atoms with Crippen molar-refractivity contribution in [2.75, 3.05) is 26.7 Å². The number of hydrogen-bond acceptors (Lipinski definition) is 2. The van der Waals surface area contributed by atoms with E-state index in [1.807, 2.05) is 6.92 Å². The molecule has 0 bridgehead atoms. The second-order valence-corrected chi connectivity index (χ2v) is 7.02. The van der Waals surface area contributed by atoms with Crippen molar-refractivity contribution < 1.29 is 8.42 Å². The van der Waals surface area contributed by atoms with E-state index in [1.165, 1.54) is 17.1 Å². The van der Waals surface area contributed by atoms with E-state index in [4.69, 9.17) is 0 Å². The molecule has 0 saturated heterocycles. The van der Waals surface area contributed by atoms with E-state index in [0.29, 0.717) is 25.6 Å². The molecule has 1 rings (SSSR count). The zero-order valence-electron chi connectivity index (χ0n) is 11.4. The highest BCUT2D eigenvalue weighted by Gasteiger charge is 2.32. The van der Waals surface area contributed by atoms with E-state index < -0.39 is 10.2 Å². The molecule has 1 fully saturated rings. The normalized spacial score (nSPS) is 17.0. The maximum atomic E-state index is 12.3. The molecule has 1 aliphatic rings. The van der Waals surface area contributed by atoms with Crippen molar-refractivity contribution in [1.82, 2.24) is 8.61 Å². The third-order valence-electron chi connectivity index (χ3n) is 3.18. The molecule has 5 heteroatoms. The predicted molar refractivity (Wildman–Crippen MR) is 71.0 cm³/mol. The molecule has 17 heavy (non-hydrogen) atoms. The van der Waals surface area contributed by atoms with Gasteiger partial charge in [0, 0.05) is 26.7 Å². The maximum absolute atomic E-state index is 12.3. The molecular weight excluding hydrogens is 236 g/mol. The van der Waals surface area contributed by atoms with E-state index in [-0.39, 0.29) is 0 Å². The molecule has 0 unspecified atom stereocenters. The highest BCUT2D eigenvalue weighted by atomic mass is 32.2. The fraction of sp³-hybridized carbons (Fsp3) is 1.00. The molecule has 4 nitrogen and oxygen atoms in total. The molecule has 102 valence electrons. The van der Waals surface area contributed by atoms with Gasteiger partial charge in [-0.25, -0.2) is 0 Å². The fourth-order valence-electron chi connectivity index (χ4n) is 1.83. The molecule has 0 aliphatic heterocycles. The Morgan fingerprint density at radius 1 is 1.12 bits per heavy atom. The zero-order chi connectivity index (χ0) is 12.9. The van der Waals surface area contributed by atoms with Crippen LogP contribution in [0.25, 0.3) is 0 Å². The Hall–Kier alpha value is -0.130. The van der Waals surface area contributed by atoms with Gasteiger partial charge in [-0.1, -0.05) is 20.3 Å². The third-order valence-corrected chi connectivity index (χ3v) is 5.13. The van der Waals surface area contributed by atoms with Gasteiger partial charge in [0.05, 0.1) is 0 Å². The first-order chi connectivity index (χ1) is 8.02. The summed E-state index contributed by atoms with van der Waals surface area (Å²) in [5, 5.41) is 0. The first kappa shape index (κ1) is 14.9. The Morgan fingerprint density at radius 2 is 1.76 bits per heavy atom. The molecular formula is C12H26N2O2S. The summed E-state index contributed by atoms with van der Waals surface area (Å²) in [6.45, 7) is 6.10. The van der Waals surface area contributed by atoms with Gasteiger partial charge in [-0.3, -0.25) is 0 Å². The van der Waals surface area contributed by atoms with Gasteiger partial charge in [-0.05, 0) is 31.6 Å². The Kier molecular flexibility index (Phi) is 5.89. The minimum absolute atomic E-state index is 0.607. The first-order valence-electron chi connectivity index (χ1n) is 6.73. The predicted octanol–water partition coefficient (Wildman–Crippen LogP) is 2.09. The van der Waals surface area contributed by atoms with Crippen LogP contribution in [0.2, 0.25) is 0 Å². The summed E-state index contributed by atoms with van der Waals surface area (Å²) >= 11 is 0. The number of rotatable bonds is 9. The van der Waals surface area contributed by atoms with Gasteiger partial charge < -0.3 is 0 Å². The molecule has 1 aliphatic carbocycles. The van der Waals surface area contributed by atoms with Crippen molar-refractivity contribution in [3.63, 3.8) is 0 Å². The maximum Gasteiger partial charge on any atom is 0.281 e. The first-order valence-corrected chi connectivity index (χ1v) is 8.13. The summed E-state index contributed by atoms with van der Waals surface area (Å²) in [6, 6.07) is 0. The third kappa shape index (κ3) is 4.56. The largest absolute Gasteiger partial charge is 0.281 e. The number of unbranched alkanes of at least 4 members (excludes halogenated alkanes) is 1. The van der Waals surface area contributed by atoms with Crippen molar-refractivity contribution >= 4 is 10.2 Å². The van der Waals surface area contributed by atoms with Gasteiger partial charge in [-0.2, -0.15) is 17.0 Å². The van der Waals surface area contributed by atoms with Crippen LogP contribution in [0.1, 0.15) is 46.0 Å². The van der Waals surface area contributed by atoms with Gasteiger partial charge in [0.1, 0.15) is 0 Å². The topological polar surface area (TPSA) is 40.6 Å². The lowest BCUT2D eigenvalue weighted by molar-refractivity contribution is 0.346. The van der Waals surface area contributed by atoms with Gasteiger partial charge in [0.25, 0.3) is 10.2 Å². The van der Waals surface area contributed by atoms with E-state index >= 15 is 0 Å². The second-order valence-electron chi connectivity index (χ2n) is 4.98. The summed E-state index contributed by atoms with van der Waals surface area (Å²) in [7, 11) is -1.53. The van der Waals surface area contributed by atoms with Crippen LogP contribution < -0.4 is 0 Å². The lowest BCUT2D eigenvalue weighted by Crippen LogP contribution is -2.43. The average Bonchev–Trinajstić information content (AvgIpc) is 3.09. The van der Waals surface area contributed by atoms with Crippen molar-refractivity contribution in [2.45, 2.75) is 46.0 Å². The van der Waals surface area contributed by atoms with Crippen LogP contribution in [0.15, 0.2) is 0 Å². The quantitative estimate of drug-likeness (QED) is 0.638. The standard InChI is InChI=1S/C12H26N2O2S/c1-4-6-10-13(3)17(15,16)14(9-5-2)11-12-7-8-12/h12H,4-11H2,1-3H3. The highest BCUT2D eigenvalue weighted by molar-refractivity contribution is 7.86. The molecule has 0 heterocycles. The SMILES string of the molecule is CCCCN(C)S(=O)(=O)N(CCC)CC1CC1. The smallest absolute Gasteiger partial charge is 0.195 e. The highest BCUT2D eigenvalue weighted by Crippen LogP contribution is 2.30. The Bertz CT molecular complexity index is 312. The van der Waals surface area contributed by atoms with Crippen LogP contribution in [-0.4, -0.2) is 43.7 Å². The Labute approximate surface area is 106 Å². The van der Waals surface area contributed by atoms with Crippen LogP contribution in [-0.2, 0) is 10.2 Å². The molecule has 0 N–H and O–H groups in total. The Balaban J connectivity index is 2.60. The van der Waals surface area contributed by atoms with Crippen LogP contribution in [0.4, 0.5) is 0 Å². The number of hydrogen-bond donors (Lipinski definition) is 0. The van der Waals surface area contributed by atoms with E-state index in [1.54, 1.807) is 11.4 Å². The molecule has 0 amide bonds. The van der Waals surface area contributed by atoms with Crippen molar-refractivity contribution in [2.24, 2.45) is 5.92 Å². The van der Waals surface area contributed by atoms with E-state index in [2.05, 4.69) is 6.92 Å². The Morgan fingerprint density at radius 3 is 2.24 bits per heavy atom. The summed E-state index contributed by atoms with van der Waals surface area (Å²) in [4.78, 5) is 0. The molecule has 0 aromatic carbocycles. The molecule has 0 aromatic heterocycles. The summed E-state index contributed by atoms with van der Waals surface area (Å²) in [5.41, 5.74) is 0. The molecule has 0 radical (unpaired) electrons. The second kappa shape index (κ2) is 6.71. The van der Waals surface area contributed by atoms with E-state index in [9.17, 15) is 8.42 Å². The summed E-state index contributed by atoms with van der Waals surface area (Å²) in [6.07, 6.45) is 5.21. The minimum Gasteiger partial charge on any atom is -0.195 e. The molecule has 1 saturated carbocycles. The summed E-state index contributed by atoms with van der Waals surface area (Å²) < 4.78 is 27.9. The average molecular weight is 262 g/mol. The van der Waals surface area contributed by atoms with Crippen molar-refractivity contribution in [3.05, 3.63) is 0 Å². The van der Waals surface area contributed by atoms with Crippen molar-refractivity contribution in [1.29, 1.82) is 0 Å². The fourth-order valence-corrected chi connectivity index (χ4v) is 3.40. The lowest BCUT2D eigenvalue weighted by Gasteiger charge is -2.27. The van der Waals surface area contributed by atoms with Gasteiger partial charge >= 0.3 is 0 Å². The van der Waals surface area contributed by atoms with Crippen LogP contribution >= 0.6 is 0 Å². The van der Waals surface area contributed by atoms with Crippen LogP contribution in [0, 0.1) is 5.92 Å². The minimum atomic E-state index is -3.22. The van der Waals surface area contributed by atoms with Gasteiger partial charge in [0.15, 0.2) is 0 Å².